The van der Waals surface area contributed by atoms with Crippen LogP contribution in [0.5, 0.6) is 0 Å². The second kappa shape index (κ2) is 9.99. The molecular formula is C19H31N3O4. The fraction of sp³-hybridized carbons (Fsp3) is 0.632. The van der Waals surface area contributed by atoms with E-state index >= 15 is 0 Å². The molecule has 0 bridgehead atoms. The standard InChI is InChI=1S/C14H20N2O2.C5H11NO2/c1-2-11-8-9-14(16(17)18)13(10-11)15-12-6-4-3-5-7-12;1-5(2,3)8-4(6)7/h8-10,12,15H,2-7H2,1H3;1-3H3,(H2,6,7). The van der Waals surface area contributed by atoms with Crippen molar-refractivity contribution in [1.82, 2.24) is 0 Å². The number of nitrogens with two attached hydrogens (primary N) is 1. The lowest BCUT2D eigenvalue weighted by molar-refractivity contribution is -0.384. The van der Waals surface area contributed by atoms with E-state index in [9.17, 15) is 14.9 Å². The van der Waals surface area contributed by atoms with Gasteiger partial charge in [-0.3, -0.25) is 10.1 Å². The Morgan fingerprint density at radius 2 is 1.92 bits per heavy atom. The van der Waals surface area contributed by atoms with Gasteiger partial charge in [0.2, 0.25) is 0 Å². The Hall–Kier alpha value is -2.31. The van der Waals surface area contributed by atoms with Crippen molar-refractivity contribution in [2.24, 2.45) is 5.73 Å². The molecule has 1 amide bonds. The summed E-state index contributed by atoms with van der Waals surface area (Å²) in [5.41, 5.74) is 6.28. The number of hydrogen-bond donors (Lipinski definition) is 2. The van der Waals surface area contributed by atoms with Crippen LogP contribution in [-0.2, 0) is 11.2 Å². The van der Waals surface area contributed by atoms with Gasteiger partial charge >= 0.3 is 6.09 Å². The van der Waals surface area contributed by atoms with Crippen LogP contribution in [0.15, 0.2) is 18.2 Å². The molecule has 26 heavy (non-hydrogen) atoms. The van der Waals surface area contributed by atoms with Crippen LogP contribution < -0.4 is 11.1 Å². The predicted octanol–water partition coefficient (Wildman–Crippen LogP) is 4.78. The number of anilines is 1. The number of carbonyl (C=O) groups excluding carboxylic acids is 1. The van der Waals surface area contributed by atoms with Gasteiger partial charge in [-0.25, -0.2) is 4.79 Å². The lowest BCUT2D eigenvalue weighted by Gasteiger charge is -2.23. The zero-order valence-corrected chi connectivity index (χ0v) is 16.2. The summed E-state index contributed by atoms with van der Waals surface area (Å²) in [7, 11) is 0. The second-order valence-corrected chi connectivity index (χ2v) is 7.47. The molecule has 0 aliphatic heterocycles. The fourth-order valence-electron chi connectivity index (χ4n) is 2.85. The average Bonchev–Trinajstić information content (AvgIpc) is 2.53. The normalized spacial score (nSPS) is 14.8. The van der Waals surface area contributed by atoms with E-state index < -0.39 is 11.7 Å². The van der Waals surface area contributed by atoms with Crippen molar-refractivity contribution >= 4 is 17.5 Å². The molecule has 1 aliphatic rings. The quantitative estimate of drug-likeness (QED) is 0.589. The number of nitrogens with one attached hydrogen (secondary N) is 1. The number of rotatable bonds is 4. The van der Waals surface area contributed by atoms with Gasteiger partial charge in [-0.15, -0.1) is 0 Å². The van der Waals surface area contributed by atoms with Gasteiger partial charge in [0.25, 0.3) is 5.69 Å². The summed E-state index contributed by atoms with van der Waals surface area (Å²) in [4.78, 5) is 20.7. The minimum absolute atomic E-state index is 0.192. The van der Waals surface area contributed by atoms with Gasteiger partial charge in [0.1, 0.15) is 11.3 Å². The van der Waals surface area contributed by atoms with Gasteiger partial charge in [-0.2, -0.15) is 0 Å². The Balaban J connectivity index is 0.000000359. The van der Waals surface area contributed by atoms with E-state index in [1.165, 1.54) is 19.3 Å². The molecule has 3 N–H and O–H groups in total. The third-order valence-corrected chi connectivity index (χ3v) is 4.04. The minimum Gasteiger partial charge on any atom is -0.444 e. The van der Waals surface area contributed by atoms with Crippen molar-refractivity contribution in [1.29, 1.82) is 0 Å². The largest absolute Gasteiger partial charge is 0.444 e. The van der Waals surface area contributed by atoms with Crippen LogP contribution in [0.2, 0.25) is 0 Å². The molecule has 1 aromatic rings. The number of nitro benzene ring substituents is 1. The molecule has 1 aliphatic carbocycles. The zero-order valence-electron chi connectivity index (χ0n) is 16.2. The molecule has 1 aromatic carbocycles. The summed E-state index contributed by atoms with van der Waals surface area (Å²) in [6.45, 7) is 7.35. The first-order valence-electron chi connectivity index (χ1n) is 9.14. The van der Waals surface area contributed by atoms with Crippen LogP contribution in [0.25, 0.3) is 0 Å². The van der Waals surface area contributed by atoms with Crippen molar-refractivity contribution in [3.63, 3.8) is 0 Å². The first-order valence-corrected chi connectivity index (χ1v) is 9.14. The van der Waals surface area contributed by atoms with Crippen LogP contribution in [0.4, 0.5) is 16.2 Å². The van der Waals surface area contributed by atoms with E-state index in [4.69, 9.17) is 5.73 Å². The Kier molecular flexibility index (Phi) is 8.35. The molecule has 7 heteroatoms. The van der Waals surface area contributed by atoms with Crippen LogP contribution in [0.3, 0.4) is 0 Å². The molecule has 1 saturated carbocycles. The monoisotopic (exact) mass is 365 g/mol. The predicted molar refractivity (Wildman–Crippen MR) is 103 cm³/mol. The van der Waals surface area contributed by atoms with Crippen molar-refractivity contribution in [3.05, 3.63) is 33.9 Å². The topological polar surface area (TPSA) is 107 Å². The highest BCUT2D eigenvalue weighted by Crippen LogP contribution is 2.29. The molecule has 0 saturated heterocycles. The fourth-order valence-corrected chi connectivity index (χ4v) is 2.85. The highest BCUT2D eigenvalue weighted by Gasteiger charge is 2.19. The molecule has 0 atom stereocenters. The Bertz CT molecular complexity index is 605. The molecule has 0 heterocycles. The molecule has 1 fully saturated rings. The van der Waals surface area contributed by atoms with Crippen LogP contribution in [-0.4, -0.2) is 22.7 Å². The first kappa shape index (κ1) is 21.7. The number of ether oxygens (including phenoxy) is 1. The van der Waals surface area contributed by atoms with Gasteiger partial charge in [0.15, 0.2) is 0 Å². The van der Waals surface area contributed by atoms with Crippen LogP contribution in [0, 0.1) is 10.1 Å². The number of carbonyl (C=O) groups is 1. The summed E-state index contributed by atoms with van der Waals surface area (Å²) in [5, 5.41) is 14.4. The van der Waals surface area contributed by atoms with Gasteiger partial charge in [-0.1, -0.05) is 32.3 Å². The number of benzene rings is 1. The van der Waals surface area contributed by atoms with E-state index in [0.29, 0.717) is 11.7 Å². The van der Waals surface area contributed by atoms with E-state index in [2.05, 4.69) is 17.0 Å². The average molecular weight is 365 g/mol. The molecule has 0 unspecified atom stereocenters. The number of nitro groups is 1. The number of primary amides is 1. The SMILES string of the molecule is CC(C)(C)OC(N)=O.CCc1ccc([N+](=O)[O-])c(NC2CCCCC2)c1. The lowest BCUT2D eigenvalue weighted by Crippen LogP contribution is -2.27. The minimum atomic E-state index is -0.725. The smallest absolute Gasteiger partial charge is 0.405 e. The molecule has 0 spiro atoms. The van der Waals surface area contributed by atoms with E-state index in [0.717, 1.165) is 24.8 Å². The van der Waals surface area contributed by atoms with Gasteiger partial charge in [0, 0.05) is 12.1 Å². The molecule has 146 valence electrons. The number of nitrogens with zero attached hydrogens (tertiary/aromatic N) is 1. The summed E-state index contributed by atoms with van der Waals surface area (Å²) in [5.74, 6) is 0. The summed E-state index contributed by atoms with van der Waals surface area (Å²) >= 11 is 0. The third-order valence-electron chi connectivity index (χ3n) is 4.04. The maximum Gasteiger partial charge on any atom is 0.405 e. The molecule has 0 aromatic heterocycles. The zero-order chi connectivity index (χ0) is 19.7. The Morgan fingerprint density at radius 1 is 1.31 bits per heavy atom. The molecule has 2 rings (SSSR count). The number of hydrogen-bond acceptors (Lipinski definition) is 5. The van der Waals surface area contributed by atoms with Crippen molar-refractivity contribution < 1.29 is 14.5 Å². The molecular weight excluding hydrogens is 334 g/mol. The van der Waals surface area contributed by atoms with Crippen molar-refractivity contribution in [2.75, 3.05) is 5.32 Å². The highest BCUT2D eigenvalue weighted by molar-refractivity contribution is 5.65. The Labute approximate surface area is 155 Å². The van der Waals surface area contributed by atoms with E-state index in [-0.39, 0.29) is 10.6 Å². The van der Waals surface area contributed by atoms with E-state index in [1.54, 1.807) is 26.8 Å². The Morgan fingerprint density at radius 3 is 2.35 bits per heavy atom. The van der Waals surface area contributed by atoms with Crippen LogP contribution in [0.1, 0.15) is 65.4 Å². The maximum atomic E-state index is 11.0. The third kappa shape index (κ3) is 8.18. The first-order chi connectivity index (χ1) is 12.1. The van der Waals surface area contributed by atoms with Crippen molar-refractivity contribution in [3.8, 4) is 0 Å². The lowest BCUT2D eigenvalue weighted by atomic mass is 9.95. The van der Waals surface area contributed by atoms with E-state index in [1.807, 2.05) is 12.1 Å². The summed E-state index contributed by atoms with van der Waals surface area (Å²) < 4.78 is 4.58. The number of aryl methyl sites for hydroxylation is 1. The maximum absolute atomic E-state index is 11.0. The summed E-state index contributed by atoms with van der Waals surface area (Å²) in [6.07, 6.45) is 6.14. The number of amides is 1. The molecule has 0 radical (unpaired) electrons. The summed E-state index contributed by atoms with van der Waals surface area (Å²) in [6, 6.07) is 5.77. The van der Waals surface area contributed by atoms with Gasteiger partial charge in [0.05, 0.1) is 4.92 Å². The second-order valence-electron chi connectivity index (χ2n) is 7.47. The van der Waals surface area contributed by atoms with Gasteiger partial charge < -0.3 is 15.8 Å². The highest BCUT2D eigenvalue weighted by atomic mass is 16.6. The molecule has 7 nitrogen and oxygen atoms in total. The van der Waals surface area contributed by atoms with Crippen LogP contribution >= 0.6 is 0 Å². The van der Waals surface area contributed by atoms with Crippen molar-refractivity contribution in [2.45, 2.75) is 77.9 Å². The van der Waals surface area contributed by atoms with Gasteiger partial charge in [-0.05, 0) is 51.7 Å².